The van der Waals surface area contributed by atoms with Crippen LogP contribution in [0.25, 0.3) is 0 Å². The maximum Gasteiger partial charge on any atom is 0.124 e. The van der Waals surface area contributed by atoms with Crippen LogP contribution in [0.15, 0.2) is 24.3 Å². The molecule has 78 valence electrons. The molecule has 0 aliphatic heterocycles. The molecule has 0 aliphatic rings. The lowest BCUT2D eigenvalue weighted by molar-refractivity contribution is 0.0497. The Labute approximate surface area is 85.8 Å². The van der Waals surface area contributed by atoms with E-state index in [9.17, 15) is 0 Å². The SMILES string of the molecule is CCC(C)OCc1ccccc1OC. The number of ether oxygens (including phenoxy) is 2. The first-order valence-corrected chi connectivity index (χ1v) is 5.01. The molecule has 1 atom stereocenters. The lowest BCUT2D eigenvalue weighted by atomic mass is 10.2. The molecular weight excluding hydrogens is 176 g/mol. The predicted octanol–water partition coefficient (Wildman–Crippen LogP) is 3.01. The van der Waals surface area contributed by atoms with Gasteiger partial charge in [0.25, 0.3) is 0 Å². The highest BCUT2D eigenvalue weighted by Crippen LogP contribution is 2.18. The molecule has 0 heterocycles. The van der Waals surface area contributed by atoms with Gasteiger partial charge in [0, 0.05) is 5.56 Å². The zero-order valence-corrected chi connectivity index (χ0v) is 9.12. The fourth-order valence-corrected chi connectivity index (χ4v) is 1.17. The highest BCUT2D eigenvalue weighted by Gasteiger charge is 2.03. The smallest absolute Gasteiger partial charge is 0.124 e. The van der Waals surface area contributed by atoms with Crippen molar-refractivity contribution in [1.82, 2.24) is 0 Å². The van der Waals surface area contributed by atoms with Gasteiger partial charge in [0.2, 0.25) is 0 Å². The first kappa shape index (κ1) is 11.1. The summed E-state index contributed by atoms with van der Waals surface area (Å²) in [5.41, 5.74) is 1.11. The molecule has 1 aromatic rings. The van der Waals surface area contributed by atoms with Crippen molar-refractivity contribution >= 4 is 0 Å². The molecule has 0 aliphatic carbocycles. The number of para-hydroxylation sites is 1. The molecule has 1 aromatic carbocycles. The molecule has 0 aromatic heterocycles. The van der Waals surface area contributed by atoms with Crippen molar-refractivity contribution in [3.63, 3.8) is 0 Å². The molecule has 0 radical (unpaired) electrons. The van der Waals surface area contributed by atoms with Crippen LogP contribution in [0.5, 0.6) is 5.75 Å². The highest BCUT2D eigenvalue weighted by molar-refractivity contribution is 5.32. The maximum absolute atomic E-state index is 5.64. The standard InChI is InChI=1S/C12H18O2/c1-4-10(2)14-9-11-7-5-6-8-12(11)13-3/h5-8,10H,4,9H2,1-3H3. The lowest BCUT2D eigenvalue weighted by Gasteiger charge is -2.12. The van der Waals surface area contributed by atoms with E-state index in [1.807, 2.05) is 24.3 Å². The van der Waals surface area contributed by atoms with E-state index >= 15 is 0 Å². The van der Waals surface area contributed by atoms with Crippen LogP contribution in [-0.4, -0.2) is 13.2 Å². The molecule has 2 nitrogen and oxygen atoms in total. The minimum absolute atomic E-state index is 0.305. The maximum atomic E-state index is 5.64. The van der Waals surface area contributed by atoms with E-state index in [-0.39, 0.29) is 0 Å². The summed E-state index contributed by atoms with van der Waals surface area (Å²) in [6, 6.07) is 7.94. The molecule has 0 amide bonds. The van der Waals surface area contributed by atoms with E-state index in [1.165, 1.54) is 0 Å². The van der Waals surface area contributed by atoms with E-state index in [2.05, 4.69) is 13.8 Å². The van der Waals surface area contributed by atoms with Crippen LogP contribution in [0.4, 0.5) is 0 Å². The first-order chi connectivity index (χ1) is 6.77. The molecule has 0 fully saturated rings. The third-order valence-electron chi connectivity index (χ3n) is 2.29. The summed E-state index contributed by atoms with van der Waals surface area (Å²) in [4.78, 5) is 0. The van der Waals surface area contributed by atoms with Gasteiger partial charge in [-0.15, -0.1) is 0 Å². The Bertz CT molecular complexity index is 271. The van der Waals surface area contributed by atoms with Gasteiger partial charge in [0.1, 0.15) is 5.75 Å². The van der Waals surface area contributed by atoms with Gasteiger partial charge in [-0.25, -0.2) is 0 Å². The first-order valence-electron chi connectivity index (χ1n) is 5.01. The number of rotatable bonds is 5. The van der Waals surface area contributed by atoms with Gasteiger partial charge in [-0.1, -0.05) is 25.1 Å². The molecular formula is C12H18O2. The van der Waals surface area contributed by atoms with Gasteiger partial charge >= 0.3 is 0 Å². The molecule has 1 unspecified atom stereocenters. The van der Waals surface area contributed by atoms with Gasteiger partial charge in [0.05, 0.1) is 19.8 Å². The van der Waals surface area contributed by atoms with Crippen molar-refractivity contribution in [3.05, 3.63) is 29.8 Å². The molecule has 14 heavy (non-hydrogen) atoms. The van der Waals surface area contributed by atoms with Gasteiger partial charge in [-0.3, -0.25) is 0 Å². The van der Waals surface area contributed by atoms with Crippen molar-refractivity contribution in [2.24, 2.45) is 0 Å². The van der Waals surface area contributed by atoms with E-state index in [1.54, 1.807) is 7.11 Å². The Morgan fingerprint density at radius 2 is 2.00 bits per heavy atom. The summed E-state index contributed by atoms with van der Waals surface area (Å²) < 4.78 is 10.9. The topological polar surface area (TPSA) is 18.5 Å². The van der Waals surface area contributed by atoms with Gasteiger partial charge in [-0.2, -0.15) is 0 Å². The van der Waals surface area contributed by atoms with Crippen LogP contribution < -0.4 is 4.74 Å². The van der Waals surface area contributed by atoms with Crippen LogP contribution in [0.3, 0.4) is 0 Å². The number of hydrogen-bond acceptors (Lipinski definition) is 2. The third-order valence-corrected chi connectivity index (χ3v) is 2.29. The molecule has 1 rings (SSSR count). The minimum atomic E-state index is 0.305. The second-order valence-corrected chi connectivity index (χ2v) is 3.34. The van der Waals surface area contributed by atoms with Crippen LogP contribution in [0.1, 0.15) is 25.8 Å². The van der Waals surface area contributed by atoms with Crippen molar-refractivity contribution in [2.45, 2.75) is 33.0 Å². The number of methoxy groups -OCH3 is 1. The summed E-state index contributed by atoms with van der Waals surface area (Å²) in [5, 5.41) is 0. The Hall–Kier alpha value is -1.02. The fourth-order valence-electron chi connectivity index (χ4n) is 1.17. The van der Waals surface area contributed by atoms with Gasteiger partial charge < -0.3 is 9.47 Å². The Balaban J connectivity index is 2.57. The summed E-state index contributed by atoms with van der Waals surface area (Å²) in [7, 11) is 1.68. The lowest BCUT2D eigenvalue weighted by Crippen LogP contribution is -2.06. The van der Waals surface area contributed by atoms with E-state index < -0.39 is 0 Å². The Kier molecular flexibility index (Phi) is 4.47. The van der Waals surface area contributed by atoms with Crippen LogP contribution >= 0.6 is 0 Å². The van der Waals surface area contributed by atoms with Crippen molar-refractivity contribution in [1.29, 1.82) is 0 Å². The van der Waals surface area contributed by atoms with Crippen molar-refractivity contribution < 1.29 is 9.47 Å². The van der Waals surface area contributed by atoms with Gasteiger partial charge in [0.15, 0.2) is 0 Å². The van der Waals surface area contributed by atoms with Crippen molar-refractivity contribution in [2.75, 3.05) is 7.11 Å². The normalized spacial score (nSPS) is 12.5. The molecule has 0 saturated heterocycles. The van der Waals surface area contributed by atoms with Crippen LogP contribution in [0.2, 0.25) is 0 Å². The van der Waals surface area contributed by atoms with Crippen molar-refractivity contribution in [3.8, 4) is 5.75 Å². The summed E-state index contributed by atoms with van der Waals surface area (Å²) in [6.45, 7) is 4.82. The number of benzene rings is 1. The molecule has 2 heteroatoms. The Morgan fingerprint density at radius 3 is 2.64 bits per heavy atom. The van der Waals surface area contributed by atoms with Crippen LogP contribution in [0, 0.1) is 0 Å². The average molecular weight is 194 g/mol. The largest absolute Gasteiger partial charge is 0.496 e. The Morgan fingerprint density at radius 1 is 1.29 bits per heavy atom. The summed E-state index contributed by atoms with van der Waals surface area (Å²) in [5.74, 6) is 0.899. The quantitative estimate of drug-likeness (QED) is 0.717. The molecule has 0 spiro atoms. The second-order valence-electron chi connectivity index (χ2n) is 3.34. The average Bonchev–Trinajstić information content (AvgIpc) is 2.26. The summed E-state index contributed by atoms with van der Waals surface area (Å²) >= 11 is 0. The van der Waals surface area contributed by atoms with Gasteiger partial charge in [-0.05, 0) is 19.4 Å². The zero-order chi connectivity index (χ0) is 10.4. The molecule has 0 bridgehead atoms. The van der Waals surface area contributed by atoms with E-state index in [0.29, 0.717) is 12.7 Å². The summed E-state index contributed by atoms with van der Waals surface area (Å²) in [6.07, 6.45) is 1.34. The monoisotopic (exact) mass is 194 g/mol. The zero-order valence-electron chi connectivity index (χ0n) is 9.12. The van der Waals surface area contributed by atoms with E-state index in [0.717, 1.165) is 17.7 Å². The molecule has 0 saturated carbocycles. The van der Waals surface area contributed by atoms with E-state index in [4.69, 9.17) is 9.47 Å². The highest BCUT2D eigenvalue weighted by atomic mass is 16.5. The second kappa shape index (κ2) is 5.66. The third kappa shape index (κ3) is 3.04. The fraction of sp³-hybridized carbons (Fsp3) is 0.500. The predicted molar refractivity (Wildman–Crippen MR) is 57.5 cm³/mol. The minimum Gasteiger partial charge on any atom is -0.496 e. The number of hydrogen-bond donors (Lipinski definition) is 0. The molecule has 0 N–H and O–H groups in total. The van der Waals surface area contributed by atoms with Crippen LogP contribution in [-0.2, 0) is 11.3 Å².